The van der Waals surface area contributed by atoms with Gasteiger partial charge in [-0.3, -0.25) is 4.68 Å². The Hall–Kier alpha value is -0.805. The molecule has 2 rings (SSSR count). The van der Waals surface area contributed by atoms with Crippen LogP contribution in [0.25, 0.3) is 0 Å². The maximum Gasteiger partial charge on any atom is 0.491 e. The minimum atomic E-state index is -1.41. The molecule has 0 bridgehead atoms. The van der Waals surface area contributed by atoms with E-state index in [-0.39, 0.29) is 5.54 Å². The molecule has 1 aliphatic carbocycles. The molecule has 0 aliphatic heterocycles. The van der Waals surface area contributed by atoms with Crippen LogP contribution in [0.5, 0.6) is 0 Å². The molecule has 1 aromatic rings. The Labute approximate surface area is 77.3 Å². The largest absolute Gasteiger partial charge is 0.491 e. The van der Waals surface area contributed by atoms with E-state index in [4.69, 9.17) is 10.0 Å². The molecule has 1 fully saturated rings. The second kappa shape index (κ2) is 2.85. The second-order valence-corrected chi connectivity index (χ2v) is 3.94. The van der Waals surface area contributed by atoms with E-state index in [1.165, 1.54) is 12.6 Å². The van der Waals surface area contributed by atoms with Gasteiger partial charge in [0.2, 0.25) is 0 Å². The smallest absolute Gasteiger partial charge is 0.423 e. The van der Waals surface area contributed by atoms with Gasteiger partial charge in [-0.25, -0.2) is 0 Å². The van der Waals surface area contributed by atoms with Gasteiger partial charge in [-0.15, -0.1) is 0 Å². The number of aromatic nitrogens is 2. The molecule has 2 N–H and O–H groups in total. The summed E-state index contributed by atoms with van der Waals surface area (Å²) in [5.41, 5.74) is 0.570. The Morgan fingerprint density at radius 3 is 2.62 bits per heavy atom. The van der Waals surface area contributed by atoms with Crippen LogP contribution in [0.4, 0.5) is 0 Å². The molecule has 70 valence electrons. The van der Waals surface area contributed by atoms with Gasteiger partial charge in [-0.05, 0) is 26.2 Å². The Bertz CT molecular complexity index is 307. The zero-order valence-corrected chi connectivity index (χ0v) is 7.64. The van der Waals surface area contributed by atoms with Crippen LogP contribution in [0.3, 0.4) is 0 Å². The van der Waals surface area contributed by atoms with Crippen LogP contribution < -0.4 is 5.46 Å². The summed E-state index contributed by atoms with van der Waals surface area (Å²) in [6.45, 7) is 2.14. The molecule has 0 saturated heterocycles. The average molecular weight is 180 g/mol. The Kier molecular flexibility index (Phi) is 1.93. The van der Waals surface area contributed by atoms with Crippen LogP contribution in [0.15, 0.2) is 12.4 Å². The van der Waals surface area contributed by atoms with Crippen LogP contribution in [0, 0.1) is 0 Å². The van der Waals surface area contributed by atoms with Crippen molar-refractivity contribution >= 4 is 12.6 Å². The first-order chi connectivity index (χ1) is 6.12. The Morgan fingerprint density at radius 2 is 2.23 bits per heavy atom. The molecule has 1 heterocycles. The lowest BCUT2D eigenvalue weighted by atomic mass is 9.78. The topological polar surface area (TPSA) is 58.3 Å². The third kappa shape index (κ3) is 1.38. The highest BCUT2D eigenvalue weighted by molar-refractivity contribution is 6.58. The van der Waals surface area contributed by atoms with Gasteiger partial charge in [0.15, 0.2) is 0 Å². The maximum atomic E-state index is 8.90. The fourth-order valence-electron chi connectivity index (χ4n) is 1.68. The van der Waals surface area contributed by atoms with Crippen molar-refractivity contribution in [2.75, 3.05) is 0 Å². The zero-order chi connectivity index (χ0) is 9.47. The van der Waals surface area contributed by atoms with E-state index in [0.29, 0.717) is 5.46 Å². The number of nitrogens with zero attached hydrogens (tertiary/aromatic N) is 2. The minimum absolute atomic E-state index is 0.104. The van der Waals surface area contributed by atoms with Gasteiger partial charge in [0.05, 0.1) is 5.54 Å². The molecular formula is C8H13BN2O2. The monoisotopic (exact) mass is 180 g/mol. The lowest BCUT2D eigenvalue weighted by Gasteiger charge is -2.38. The molecular weight excluding hydrogens is 167 g/mol. The van der Waals surface area contributed by atoms with E-state index in [1.54, 1.807) is 6.20 Å². The fraction of sp³-hybridized carbons (Fsp3) is 0.625. The summed E-state index contributed by atoms with van der Waals surface area (Å²) in [5.74, 6) is 0. The predicted molar refractivity (Wildman–Crippen MR) is 49.6 cm³/mol. The highest BCUT2D eigenvalue weighted by Crippen LogP contribution is 2.37. The Morgan fingerprint density at radius 1 is 1.54 bits per heavy atom. The minimum Gasteiger partial charge on any atom is -0.423 e. The van der Waals surface area contributed by atoms with E-state index in [2.05, 4.69) is 12.0 Å². The van der Waals surface area contributed by atoms with Crippen molar-refractivity contribution in [3.05, 3.63) is 12.4 Å². The third-order valence-electron chi connectivity index (χ3n) is 2.88. The van der Waals surface area contributed by atoms with E-state index in [1.807, 2.05) is 4.68 Å². The summed E-state index contributed by atoms with van der Waals surface area (Å²) in [4.78, 5) is 0. The first-order valence-electron chi connectivity index (χ1n) is 4.53. The average Bonchev–Trinajstić information content (AvgIpc) is 2.48. The predicted octanol–water partition coefficient (Wildman–Crippen LogP) is -0.538. The van der Waals surface area contributed by atoms with Crippen molar-refractivity contribution < 1.29 is 10.0 Å². The van der Waals surface area contributed by atoms with Gasteiger partial charge >= 0.3 is 7.12 Å². The van der Waals surface area contributed by atoms with Crippen molar-refractivity contribution in [3.63, 3.8) is 0 Å². The summed E-state index contributed by atoms with van der Waals surface area (Å²) >= 11 is 0. The quantitative estimate of drug-likeness (QED) is 0.601. The summed E-state index contributed by atoms with van der Waals surface area (Å²) in [7, 11) is -1.41. The van der Waals surface area contributed by atoms with E-state index < -0.39 is 7.12 Å². The molecule has 0 amide bonds. The molecule has 0 radical (unpaired) electrons. The number of hydrogen-bond donors (Lipinski definition) is 2. The van der Waals surface area contributed by atoms with Crippen molar-refractivity contribution in [2.45, 2.75) is 31.7 Å². The molecule has 0 unspecified atom stereocenters. The molecule has 5 heteroatoms. The van der Waals surface area contributed by atoms with Gasteiger partial charge in [0.1, 0.15) is 0 Å². The molecule has 4 nitrogen and oxygen atoms in total. The van der Waals surface area contributed by atoms with Crippen molar-refractivity contribution in [3.8, 4) is 0 Å². The molecule has 13 heavy (non-hydrogen) atoms. The van der Waals surface area contributed by atoms with Gasteiger partial charge in [0.25, 0.3) is 0 Å². The van der Waals surface area contributed by atoms with Crippen LogP contribution in [-0.2, 0) is 5.54 Å². The highest BCUT2D eigenvalue weighted by atomic mass is 16.4. The normalized spacial score (nSPS) is 19.6. The first kappa shape index (κ1) is 8.78. The Balaban J connectivity index is 2.22. The van der Waals surface area contributed by atoms with Gasteiger partial charge < -0.3 is 10.0 Å². The molecule has 1 saturated carbocycles. The summed E-state index contributed by atoms with van der Waals surface area (Å²) in [5, 5.41) is 21.9. The third-order valence-corrected chi connectivity index (χ3v) is 2.88. The molecule has 1 aliphatic rings. The van der Waals surface area contributed by atoms with Crippen LogP contribution in [0.2, 0.25) is 0 Å². The summed E-state index contributed by atoms with van der Waals surface area (Å²) in [6, 6.07) is 0. The molecule has 1 aromatic heterocycles. The van der Waals surface area contributed by atoms with Crippen molar-refractivity contribution in [1.82, 2.24) is 9.78 Å². The molecule has 0 atom stereocenters. The SMILES string of the molecule is CC1(n2cc(B(O)O)cn2)CCC1. The van der Waals surface area contributed by atoms with Crippen LogP contribution in [0.1, 0.15) is 26.2 Å². The number of rotatable bonds is 2. The number of hydrogen-bond acceptors (Lipinski definition) is 3. The highest BCUT2D eigenvalue weighted by Gasteiger charge is 2.34. The fourth-order valence-corrected chi connectivity index (χ4v) is 1.68. The maximum absolute atomic E-state index is 8.90. The van der Waals surface area contributed by atoms with E-state index >= 15 is 0 Å². The van der Waals surface area contributed by atoms with E-state index in [9.17, 15) is 0 Å². The first-order valence-corrected chi connectivity index (χ1v) is 4.53. The van der Waals surface area contributed by atoms with Gasteiger partial charge in [-0.1, -0.05) is 0 Å². The summed E-state index contributed by atoms with van der Waals surface area (Å²) in [6.07, 6.45) is 6.69. The molecule has 0 spiro atoms. The lowest BCUT2D eigenvalue weighted by molar-refractivity contribution is 0.149. The van der Waals surface area contributed by atoms with Crippen LogP contribution >= 0.6 is 0 Å². The van der Waals surface area contributed by atoms with Crippen molar-refractivity contribution in [1.29, 1.82) is 0 Å². The summed E-state index contributed by atoms with van der Waals surface area (Å²) < 4.78 is 1.84. The van der Waals surface area contributed by atoms with Gasteiger partial charge in [0, 0.05) is 17.9 Å². The standard InChI is InChI=1S/C8H13BN2O2/c1-8(3-2-4-8)11-6-7(5-10-11)9(12)13/h5-6,12-13H,2-4H2,1H3. The zero-order valence-electron chi connectivity index (χ0n) is 7.64. The molecule has 0 aromatic carbocycles. The van der Waals surface area contributed by atoms with Crippen LogP contribution in [-0.4, -0.2) is 26.9 Å². The second-order valence-electron chi connectivity index (χ2n) is 3.94. The van der Waals surface area contributed by atoms with Gasteiger partial charge in [-0.2, -0.15) is 5.10 Å². The van der Waals surface area contributed by atoms with E-state index in [0.717, 1.165) is 12.8 Å². The van der Waals surface area contributed by atoms with Crippen molar-refractivity contribution in [2.24, 2.45) is 0 Å². The lowest BCUT2D eigenvalue weighted by Crippen LogP contribution is -2.38.